The highest BCUT2D eigenvalue weighted by Crippen LogP contribution is 2.25. The van der Waals surface area contributed by atoms with Crippen molar-refractivity contribution in [2.45, 2.75) is 25.3 Å². The van der Waals surface area contributed by atoms with Gasteiger partial charge in [0.2, 0.25) is 5.91 Å². The zero-order valence-corrected chi connectivity index (χ0v) is 18.4. The highest BCUT2D eigenvalue weighted by molar-refractivity contribution is 6.00. The zero-order valence-electron chi connectivity index (χ0n) is 18.4. The van der Waals surface area contributed by atoms with E-state index in [0.717, 1.165) is 16.8 Å². The number of likely N-dealkylation sites (tertiary alicyclic amines) is 1. The van der Waals surface area contributed by atoms with E-state index >= 15 is 0 Å². The minimum Gasteiger partial charge on any atom is -0.399 e. The smallest absolute Gasteiger partial charge is 0.254 e. The van der Waals surface area contributed by atoms with Gasteiger partial charge in [0.1, 0.15) is 7.11 Å². The van der Waals surface area contributed by atoms with Crippen molar-refractivity contribution in [3.8, 4) is 11.1 Å². The fourth-order valence-electron chi connectivity index (χ4n) is 4.33. The molecule has 2 fully saturated rings. The molecule has 32 heavy (non-hydrogen) atoms. The Morgan fingerprint density at radius 3 is 2.41 bits per heavy atom. The summed E-state index contributed by atoms with van der Waals surface area (Å²) < 4.78 is 5.33. The topological polar surface area (TPSA) is 71.4 Å². The molecular formula is C25H29N3O4. The summed E-state index contributed by atoms with van der Waals surface area (Å²) in [4.78, 5) is 34.5. The highest BCUT2D eigenvalue weighted by Gasteiger charge is 2.34. The third-order valence-corrected chi connectivity index (χ3v) is 6.04. The second-order valence-electron chi connectivity index (χ2n) is 8.11. The number of hydrogen-bond donors (Lipinski definition) is 0. The van der Waals surface area contributed by atoms with Gasteiger partial charge in [-0.25, -0.2) is 0 Å². The molecule has 0 spiro atoms. The van der Waals surface area contributed by atoms with Gasteiger partial charge in [0.15, 0.2) is 0 Å². The van der Waals surface area contributed by atoms with Gasteiger partial charge in [-0.05, 0) is 29.7 Å². The summed E-state index contributed by atoms with van der Waals surface area (Å²) >= 11 is 0. The average molecular weight is 436 g/mol. The summed E-state index contributed by atoms with van der Waals surface area (Å²) in [6, 6.07) is 17.7. The lowest BCUT2D eigenvalue weighted by atomic mass is 10.0. The predicted octanol–water partition coefficient (Wildman–Crippen LogP) is 3.21. The van der Waals surface area contributed by atoms with Gasteiger partial charge >= 0.3 is 0 Å². The van der Waals surface area contributed by atoms with Crippen LogP contribution in [0.25, 0.3) is 11.1 Å². The van der Waals surface area contributed by atoms with Crippen LogP contribution in [-0.2, 0) is 14.4 Å². The quantitative estimate of drug-likeness (QED) is 0.654. The van der Waals surface area contributed by atoms with E-state index in [9.17, 15) is 9.59 Å². The van der Waals surface area contributed by atoms with Gasteiger partial charge in [-0.15, -0.1) is 0 Å². The van der Waals surface area contributed by atoms with Crippen molar-refractivity contribution in [1.82, 2.24) is 9.80 Å². The Hall–Kier alpha value is -3.19. The van der Waals surface area contributed by atoms with Crippen LogP contribution in [0.4, 0.5) is 0 Å². The number of amides is 2. The predicted molar refractivity (Wildman–Crippen MR) is 122 cm³/mol. The van der Waals surface area contributed by atoms with Crippen molar-refractivity contribution in [1.29, 1.82) is 0 Å². The molecule has 1 atom stereocenters. The average Bonchev–Trinajstić information content (AvgIpc) is 3.26. The minimum atomic E-state index is -0.0739. The Balaban J connectivity index is 1.44. The van der Waals surface area contributed by atoms with Crippen LogP contribution >= 0.6 is 0 Å². The maximum absolute atomic E-state index is 13.3. The third-order valence-electron chi connectivity index (χ3n) is 6.04. The lowest BCUT2D eigenvalue weighted by Gasteiger charge is -2.28. The number of carbonyl (C=O) groups excluding carboxylic acids is 2. The van der Waals surface area contributed by atoms with Crippen molar-refractivity contribution in [3.63, 3.8) is 0 Å². The van der Waals surface area contributed by atoms with E-state index < -0.39 is 0 Å². The first-order valence-electron chi connectivity index (χ1n) is 11.1. The molecule has 4 rings (SSSR count). The molecule has 2 aromatic carbocycles. The Bertz CT molecular complexity index is 953. The lowest BCUT2D eigenvalue weighted by molar-refractivity contribution is -0.135. The van der Waals surface area contributed by atoms with Gasteiger partial charge in [-0.3, -0.25) is 9.59 Å². The van der Waals surface area contributed by atoms with Gasteiger partial charge in [0.05, 0.1) is 25.5 Å². The summed E-state index contributed by atoms with van der Waals surface area (Å²) in [5, 5.41) is 4.08. The van der Waals surface area contributed by atoms with E-state index in [-0.39, 0.29) is 17.9 Å². The van der Waals surface area contributed by atoms with Crippen LogP contribution in [-0.4, -0.2) is 73.3 Å². The third kappa shape index (κ3) is 5.16. The number of ether oxygens (including phenoxy) is 1. The Kier molecular flexibility index (Phi) is 7.17. The van der Waals surface area contributed by atoms with Crippen molar-refractivity contribution in [2.75, 3.05) is 40.0 Å². The van der Waals surface area contributed by atoms with E-state index in [1.807, 2.05) is 64.4 Å². The van der Waals surface area contributed by atoms with E-state index in [2.05, 4.69) is 5.16 Å². The molecule has 2 aliphatic heterocycles. The van der Waals surface area contributed by atoms with Gasteiger partial charge in [-0.2, -0.15) is 0 Å². The van der Waals surface area contributed by atoms with Crippen LogP contribution < -0.4 is 0 Å². The number of morpholine rings is 1. The molecule has 2 amide bonds. The van der Waals surface area contributed by atoms with Crippen LogP contribution in [0.2, 0.25) is 0 Å². The summed E-state index contributed by atoms with van der Waals surface area (Å²) in [5.41, 5.74) is 3.64. The molecule has 0 saturated carbocycles. The molecule has 0 radical (unpaired) electrons. The maximum atomic E-state index is 13.3. The minimum absolute atomic E-state index is 0.0465. The van der Waals surface area contributed by atoms with E-state index in [0.29, 0.717) is 57.7 Å². The normalized spacial score (nSPS) is 19.9. The fraction of sp³-hybridized carbons (Fsp3) is 0.400. The van der Waals surface area contributed by atoms with Crippen LogP contribution in [0.5, 0.6) is 0 Å². The van der Waals surface area contributed by atoms with Gasteiger partial charge in [0, 0.05) is 37.5 Å². The monoisotopic (exact) mass is 435 g/mol. The number of hydrogen-bond acceptors (Lipinski definition) is 5. The largest absolute Gasteiger partial charge is 0.399 e. The number of rotatable bonds is 6. The molecule has 2 saturated heterocycles. The molecule has 2 heterocycles. The number of carbonyl (C=O) groups is 2. The van der Waals surface area contributed by atoms with E-state index in [1.165, 1.54) is 7.11 Å². The van der Waals surface area contributed by atoms with Crippen LogP contribution in [0.3, 0.4) is 0 Å². The van der Waals surface area contributed by atoms with E-state index in [1.54, 1.807) is 0 Å². The van der Waals surface area contributed by atoms with Gasteiger partial charge < -0.3 is 19.4 Å². The van der Waals surface area contributed by atoms with Crippen molar-refractivity contribution >= 4 is 17.5 Å². The van der Waals surface area contributed by atoms with E-state index in [4.69, 9.17) is 9.57 Å². The number of nitrogens with zero attached hydrogens (tertiary/aromatic N) is 3. The molecular weight excluding hydrogens is 406 g/mol. The molecule has 0 aliphatic carbocycles. The second-order valence-corrected chi connectivity index (χ2v) is 8.11. The standard InChI is InChI=1S/C25H29N3O4/c1-31-26-22-17-23(11-12-24(29)27-13-15-32-16-14-27)28(18-22)25(30)21-9-7-20(8-10-21)19-5-3-2-4-6-19/h2-10,23H,11-18H2,1H3. The first kappa shape index (κ1) is 22.0. The molecule has 0 aromatic heterocycles. The van der Waals surface area contributed by atoms with Crippen molar-refractivity contribution in [3.05, 3.63) is 60.2 Å². The molecule has 1 unspecified atom stereocenters. The molecule has 0 N–H and O–H groups in total. The zero-order chi connectivity index (χ0) is 22.3. The molecule has 2 aromatic rings. The fourth-order valence-corrected chi connectivity index (χ4v) is 4.33. The lowest BCUT2D eigenvalue weighted by Crippen LogP contribution is -2.41. The number of benzene rings is 2. The Morgan fingerprint density at radius 1 is 1.03 bits per heavy atom. The summed E-state index contributed by atoms with van der Waals surface area (Å²) in [5.74, 6) is 0.0692. The summed E-state index contributed by atoms with van der Waals surface area (Å²) in [6.07, 6.45) is 1.63. The summed E-state index contributed by atoms with van der Waals surface area (Å²) in [7, 11) is 1.51. The van der Waals surface area contributed by atoms with Crippen molar-refractivity contribution < 1.29 is 19.2 Å². The maximum Gasteiger partial charge on any atom is 0.254 e. The molecule has 0 bridgehead atoms. The second kappa shape index (κ2) is 10.4. The molecule has 7 nitrogen and oxygen atoms in total. The van der Waals surface area contributed by atoms with Crippen LogP contribution in [0.1, 0.15) is 29.6 Å². The SMILES string of the molecule is CON=C1CC(CCC(=O)N2CCOCC2)N(C(=O)c2ccc(-c3ccccc3)cc2)C1. The van der Waals surface area contributed by atoms with Crippen LogP contribution in [0.15, 0.2) is 59.8 Å². The molecule has 2 aliphatic rings. The molecule has 168 valence electrons. The Labute approximate surface area is 188 Å². The molecule has 7 heteroatoms. The highest BCUT2D eigenvalue weighted by atomic mass is 16.6. The first-order valence-corrected chi connectivity index (χ1v) is 11.1. The van der Waals surface area contributed by atoms with Crippen LogP contribution in [0, 0.1) is 0 Å². The van der Waals surface area contributed by atoms with Crippen molar-refractivity contribution in [2.24, 2.45) is 5.16 Å². The number of oxime groups is 1. The van der Waals surface area contributed by atoms with Gasteiger partial charge in [-0.1, -0.05) is 47.6 Å². The Morgan fingerprint density at radius 2 is 1.72 bits per heavy atom. The first-order chi connectivity index (χ1) is 15.7. The summed E-state index contributed by atoms with van der Waals surface area (Å²) in [6.45, 7) is 2.86. The van der Waals surface area contributed by atoms with Gasteiger partial charge in [0.25, 0.3) is 5.91 Å².